The molecule has 0 radical (unpaired) electrons. The summed E-state index contributed by atoms with van der Waals surface area (Å²) in [5.74, 6) is -2.03. The topological polar surface area (TPSA) is 87.4 Å². The van der Waals surface area contributed by atoms with Gasteiger partial charge in [0, 0.05) is 6.04 Å². The molecule has 0 spiro atoms. The van der Waals surface area contributed by atoms with E-state index in [4.69, 9.17) is 15.6 Å². The molecular formula is C20H30F3N3O2. The molecule has 0 bridgehead atoms. The molecular weight excluding hydrogens is 371 g/mol. The van der Waals surface area contributed by atoms with E-state index in [1.54, 1.807) is 0 Å². The predicted octanol–water partition coefficient (Wildman–Crippen LogP) is 3.45. The molecule has 1 aliphatic carbocycles. The summed E-state index contributed by atoms with van der Waals surface area (Å²) in [5.41, 5.74) is 10.2. The number of alkyl halides is 3. The number of rotatable bonds is 2. The number of dihydropyridines is 1. The van der Waals surface area contributed by atoms with Crippen LogP contribution in [0.4, 0.5) is 13.2 Å². The van der Waals surface area contributed by atoms with Crippen LogP contribution in [0.15, 0.2) is 35.2 Å². The average molecular weight is 401 g/mol. The Balaban J connectivity index is 0.000000345. The molecule has 2 heterocycles. The second kappa shape index (κ2) is 9.03. The first-order valence-corrected chi connectivity index (χ1v) is 9.64. The van der Waals surface area contributed by atoms with Crippen LogP contribution < -0.4 is 16.4 Å². The third-order valence-corrected chi connectivity index (χ3v) is 5.51. The van der Waals surface area contributed by atoms with Gasteiger partial charge in [-0.2, -0.15) is 13.2 Å². The van der Waals surface area contributed by atoms with Crippen LogP contribution in [0.1, 0.15) is 46.0 Å². The van der Waals surface area contributed by atoms with E-state index in [9.17, 15) is 13.2 Å². The van der Waals surface area contributed by atoms with E-state index >= 15 is 0 Å². The number of hydrogen-bond acceptors (Lipinski definition) is 4. The maximum absolute atomic E-state index is 10.6. The fraction of sp³-hybridized carbons (Fsp3) is 0.650. The van der Waals surface area contributed by atoms with Crippen molar-refractivity contribution in [1.82, 2.24) is 10.6 Å². The van der Waals surface area contributed by atoms with Crippen molar-refractivity contribution in [3.63, 3.8) is 0 Å². The molecule has 1 atom stereocenters. The van der Waals surface area contributed by atoms with Crippen molar-refractivity contribution < 1.29 is 23.1 Å². The highest BCUT2D eigenvalue weighted by molar-refractivity contribution is 5.73. The number of carbonyl (C=O) groups is 1. The Morgan fingerprint density at radius 2 is 1.89 bits per heavy atom. The van der Waals surface area contributed by atoms with Gasteiger partial charge in [0.15, 0.2) is 0 Å². The number of aliphatic carboxylic acids is 1. The summed E-state index contributed by atoms with van der Waals surface area (Å²) < 4.78 is 31.7. The first-order chi connectivity index (χ1) is 13.0. The Morgan fingerprint density at radius 3 is 2.39 bits per heavy atom. The first kappa shape index (κ1) is 22.3. The van der Waals surface area contributed by atoms with Crippen molar-refractivity contribution in [3.05, 3.63) is 35.2 Å². The molecule has 28 heavy (non-hydrogen) atoms. The summed E-state index contributed by atoms with van der Waals surface area (Å²) in [6.45, 7) is 6.98. The number of piperidine rings is 1. The van der Waals surface area contributed by atoms with Gasteiger partial charge < -0.3 is 21.5 Å². The van der Waals surface area contributed by atoms with Gasteiger partial charge in [-0.3, -0.25) is 0 Å². The summed E-state index contributed by atoms with van der Waals surface area (Å²) in [6, 6.07) is 0.449. The molecule has 0 saturated carbocycles. The Morgan fingerprint density at radius 1 is 1.29 bits per heavy atom. The minimum Gasteiger partial charge on any atom is -0.475 e. The van der Waals surface area contributed by atoms with Gasteiger partial charge in [0.2, 0.25) is 0 Å². The lowest BCUT2D eigenvalue weighted by Gasteiger charge is -2.36. The van der Waals surface area contributed by atoms with Gasteiger partial charge in [0.05, 0.1) is 11.4 Å². The standard InChI is InChI=1S/C18H29N3.C2HF3O2/c1-18(2)9-5-14(6-10-18)17-15(19)3-4-16(21-17)13-7-11-20-12-8-13;3-2(4,5)1(6)7/h3-5,13,16,20-21H,6-12,19H2,1-2H3;(H,6,7). The molecule has 5 N–H and O–H groups in total. The van der Waals surface area contributed by atoms with Crippen LogP contribution in [-0.4, -0.2) is 36.4 Å². The van der Waals surface area contributed by atoms with Gasteiger partial charge >= 0.3 is 12.1 Å². The highest BCUT2D eigenvalue weighted by Gasteiger charge is 2.38. The van der Waals surface area contributed by atoms with E-state index in [2.05, 4.69) is 42.7 Å². The highest BCUT2D eigenvalue weighted by Crippen LogP contribution is 2.37. The van der Waals surface area contributed by atoms with E-state index < -0.39 is 12.1 Å². The van der Waals surface area contributed by atoms with E-state index in [0.29, 0.717) is 11.5 Å². The summed E-state index contributed by atoms with van der Waals surface area (Å²) >= 11 is 0. The number of nitrogens with two attached hydrogens (primary N) is 1. The molecule has 5 nitrogen and oxygen atoms in total. The lowest BCUT2D eigenvalue weighted by Crippen LogP contribution is -2.42. The second-order valence-corrected chi connectivity index (χ2v) is 8.35. The number of hydrogen-bond donors (Lipinski definition) is 4. The third kappa shape index (κ3) is 6.29. The Kier molecular flexibility index (Phi) is 7.20. The third-order valence-electron chi connectivity index (χ3n) is 5.51. The van der Waals surface area contributed by atoms with Gasteiger partial charge in [-0.25, -0.2) is 4.79 Å². The molecule has 0 aromatic carbocycles. The van der Waals surface area contributed by atoms with Gasteiger partial charge in [0.1, 0.15) is 0 Å². The zero-order valence-corrected chi connectivity index (χ0v) is 16.4. The van der Waals surface area contributed by atoms with Crippen LogP contribution in [-0.2, 0) is 4.79 Å². The van der Waals surface area contributed by atoms with Crippen molar-refractivity contribution in [2.45, 2.75) is 58.2 Å². The minimum absolute atomic E-state index is 0.442. The normalized spacial score (nSPS) is 25.3. The second-order valence-electron chi connectivity index (χ2n) is 8.35. The lowest BCUT2D eigenvalue weighted by atomic mass is 9.77. The predicted molar refractivity (Wildman–Crippen MR) is 102 cm³/mol. The molecule has 3 aliphatic rings. The van der Waals surface area contributed by atoms with Gasteiger partial charge in [-0.05, 0) is 68.2 Å². The first-order valence-electron chi connectivity index (χ1n) is 9.64. The van der Waals surface area contributed by atoms with Crippen molar-refractivity contribution in [2.75, 3.05) is 13.1 Å². The number of nitrogens with one attached hydrogen (secondary N) is 2. The van der Waals surface area contributed by atoms with Gasteiger partial charge in [0.25, 0.3) is 0 Å². The number of halogens is 3. The number of allylic oxidation sites excluding steroid dienone is 3. The molecule has 0 amide bonds. The summed E-state index contributed by atoms with van der Waals surface area (Å²) in [5, 5.41) is 14.3. The fourth-order valence-corrected chi connectivity index (χ4v) is 3.65. The SMILES string of the molecule is CC1(C)CC=C(C2=C(N)C=CC(C3CCNCC3)N2)CC1.O=C(O)C(F)(F)F. The zero-order valence-electron chi connectivity index (χ0n) is 16.4. The quantitative estimate of drug-likeness (QED) is 0.569. The van der Waals surface area contributed by atoms with Crippen LogP contribution in [0.25, 0.3) is 0 Å². The maximum Gasteiger partial charge on any atom is 0.490 e. The van der Waals surface area contributed by atoms with E-state index in [1.807, 2.05) is 0 Å². The van der Waals surface area contributed by atoms with Crippen LogP contribution in [0.2, 0.25) is 0 Å². The van der Waals surface area contributed by atoms with Crippen molar-refractivity contribution in [3.8, 4) is 0 Å². The number of carboxylic acids is 1. The molecule has 2 aliphatic heterocycles. The molecule has 0 aromatic heterocycles. The van der Waals surface area contributed by atoms with Gasteiger partial charge in [-0.1, -0.05) is 26.0 Å². The zero-order chi connectivity index (χ0) is 20.9. The molecule has 0 aromatic rings. The average Bonchev–Trinajstić information content (AvgIpc) is 2.63. The Bertz CT molecular complexity index is 660. The van der Waals surface area contributed by atoms with Crippen LogP contribution in [0.3, 0.4) is 0 Å². The minimum atomic E-state index is -5.08. The summed E-state index contributed by atoms with van der Waals surface area (Å²) in [4.78, 5) is 8.90. The molecule has 1 fully saturated rings. The van der Waals surface area contributed by atoms with E-state index in [0.717, 1.165) is 37.5 Å². The van der Waals surface area contributed by atoms with E-state index in [-0.39, 0.29) is 0 Å². The van der Waals surface area contributed by atoms with Crippen LogP contribution in [0, 0.1) is 11.3 Å². The fourth-order valence-electron chi connectivity index (χ4n) is 3.65. The summed E-state index contributed by atoms with van der Waals surface area (Å²) in [6.07, 6.45) is 7.76. The lowest BCUT2D eigenvalue weighted by molar-refractivity contribution is -0.192. The summed E-state index contributed by atoms with van der Waals surface area (Å²) in [7, 11) is 0. The van der Waals surface area contributed by atoms with Crippen molar-refractivity contribution in [2.24, 2.45) is 17.1 Å². The van der Waals surface area contributed by atoms with Crippen molar-refractivity contribution >= 4 is 5.97 Å². The van der Waals surface area contributed by atoms with E-state index in [1.165, 1.54) is 30.5 Å². The molecule has 8 heteroatoms. The monoisotopic (exact) mass is 401 g/mol. The van der Waals surface area contributed by atoms with Crippen LogP contribution >= 0.6 is 0 Å². The molecule has 158 valence electrons. The van der Waals surface area contributed by atoms with Crippen molar-refractivity contribution in [1.29, 1.82) is 0 Å². The van der Waals surface area contributed by atoms with Gasteiger partial charge in [-0.15, -0.1) is 0 Å². The molecule has 1 saturated heterocycles. The Hall–Kier alpha value is -1.96. The molecule has 3 rings (SSSR count). The molecule has 1 unspecified atom stereocenters. The maximum atomic E-state index is 10.6. The Labute approximate surface area is 163 Å². The van der Waals surface area contributed by atoms with Crippen LogP contribution in [0.5, 0.6) is 0 Å². The smallest absolute Gasteiger partial charge is 0.475 e. The largest absolute Gasteiger partial charge is 0.490 e. The highest BCUT2D eigenvalue weighted by atomic mass is 19.4. The number of carboxylic acid groups (broad SMARTS) is 1.